The van der Waals surface area contributed by atoms with Crippen LogP contribution in [0.25, 0.3) is 5.65 Å². The van der Waals surface area contributed by atoms with Gasteiger partial charge < -0.3 is 9.64 Å². The van der Waals surface area contributed by atoms with Gasteiger partial charge in [-0.2, -0.15) is 0 Å². The lowest BCUT2D eigenvalue weighted by Gasteiger charge is -2.31. The van der Waals surface area contributed by atoms with Crippen LogP contribution in [0.5, 0.6) is 0 Å². The molecule has 1 saturated heterocycles. The Labute approximate surface area is 165 Å². The first-order valence-corrected chi connectivity index (χ1v) is 10.1. The van der Waals surface area contributed by atoms with E-state index in [1.807, 2.05) is 24.5 Å². The molecule has 28 heavy (non-hydrogen) atoms. The number of hydrogen-bond acceptors (Lipinski definition) is 6. The number of morpholine rings is 1. The third-order valence-corrected chi connectivity index (χ3v) is 5.81. The molecule has 1 atom stereocenters. The van der Waals surface area contributed by atoms with Gasteiger partial charge >= 0.3 is 0 Å². The summed E-state index contributed by atoms with van der Waals surface area (Å²) in [7, 11) is 2.18. The monoisotopic (exact) mass is 378 g/mol. The molecule has 2 aliphatic rings. The molecule has 0 radical (unpaired) electrons. The molecule has 1 aliphatic heterocycles. The second-order valence-electron chi connectivity index (χ2n) is 7.68. The number of fused-ring (bicyclic) bond motifs is 2. The molecular formula is C21H26N6O. The fraction of sp³-hybridized carbons (Fsp3) is 0.476. The van der Waals surface area contributed by atoms with Crippen molar-refractivity contribution >= 4 is 11.6 Å². The van der Waals surface area contributed by atoms with Crippen LogP contribution < -0.4 is 4.90 Å². The van der Waals surface area contributed by atoms with Crippen LogP contribution in [0.2, 0.25) is 0 Å². The average Bonchev–Trinajstić information content (AvgIpc) is 3.16. The largest absolute Gasteiger partial charge is 0.378 e. The van der Waals surface area contributed by atoms with Crippen LogP contribution in [0.1, 0.15) is 35.8 Å². The summed E-state index contributed by atoms with van der Waals surface area (Å²) in [5, 5.41) is 0. The summed E-state index contributed by atoms with van der Waals surface area (Å²) in [5.74, 6) is 0.951. The van der Waals surface area contributed by atoms with Crippen LogP contribution in [0.3, 0.4) is 0 Å². The minimum absolute atomic E-state index is 0.353. The highest BCUT2D eigenvalue weighted by molar-refractivity contribution is 5.48. The molecule has 7 heteroatoms. The first-order chi connectivity index (χ1) is 13.8. The lowest BCUT2D eigenvalue weighted by Crippen LogP contribution is -2.37. The van der Waals surface area contributed by atoms with Crippen LogP contribution in [0, 0.1) is 0 Å². The van der Waals surface area contributed by atoms with Crippen LogP contribution in [0.4, 0.5) is 5.95 Å². The van der Waals surface area contributed by atoms with Crippen molar-refractivity contribution < 1.29 is 4.74 Å². The molecule has 1 aliphatic carbocycles. The van der Waals surface area contributed by atoms with Gasteiger partial charge in [0.2, 0.25) is 5.95 Å². The molecule has 0 bridgehead atoms. The highest BCUT2D eigenvalue weighted by Crippen LogP contribution is 2.32. The summed E-state index contributed by atoms with van der Waals surface area (Å²) in [6, 6.07) is 6.59. The van der Waals surface area contributed by atoms with Gasteiger partial charge in [0.15, 0.2) is 0 Å². The van der Waals surface area contributed by atoms with Gasteiger partial charge in [-0.15, -0.1) is 0 Å². The molecule has 0 aromatic carbocycles. The number of aromatic nitrogens is 4. The number of aryl methyl sites for hydroxylation is 1. The van der Waals surface area contributed by atoms with Gasteiger partial charge in [-0.25, -0.2) is 9.97 Å². The highest BCUT2D eigenvalue weighted by Gasteiger charge is 2.25. The van der Waals surface area contributed by atoms with Crippen molar-refractivity contribution in [3.8, 4) is 0 Å². The van der Waals surface area contributed by atoms with Crippen molar-refractivity contribution in [3.63, 3.8) is 0 Å². The molecule has 1 fully saturated rings. The predicted molar refractivity (Wildman–Crippen MR) is 107 cm³/mol. The first kappa shape index (κ1) is 17.6. The SMILES string of the molecule is CN(Cc1cn2c(N3CCOCC3)nccc2n1)[C@H]1CCCc2cccnc21. The van der Waals surface area contributed by atoms with Crippen molar-refractivity contribution in [2.75, 3.05) is 38.3 Å². The van der Waals surface area contributed by atoms with Gasteiger partial charge in [-0.3, -0.25) is 14.3 Å². The number of nitrogens with zero attached hydrogens (tertiary/aromatic N) is 6. The lowest BCUT2D eigenvalue weighted by atomic mass is 9.91. The number of rotatable bonds is 4. The summed E-state index contributed by atoms with van der Waals surface area (Å²) in [6.45, 7) is 4.02. The van der Waals surface area contributed by atoms with Gasteiger partial charge in [0, 0.05) is 38.2 Å². The van der Waals surface area contributed by atoms with Crippen LogP contribution in [-0.2, 0) is 17.7 Å². The van der Waals surface area contributed by atoms with E-state index in [4.69, 9.17) is 9.72 Å². The van der Waals surface area contributed by atoms with E-state index in [2.05, 4.69) is 43.5 Å². The second kappa shape index (κ2) is 7.48. The third kappa shape index (κ3) is 3.25. The Morgan fingerprint density at radius 2 is 2.07 bits per heavy atom. The number of pyridine rings is 1. The molecule has 0 spiro atoms. The van der Waals surface area contributed by atoms with Gasteiger partial charge in [-0.05, 0) is 44.0 Å². The molecule has 3 aromatic rings. The minimum atomic E-state index is 0.353. The van der Waals surface area contributed by atoms with E-state index < -0.39 is 0 Å². The van der Waals surface area contributed by atoms with E-state index in [0.29, 0.717) is 6.04 Å². The van der Waals surface area contributed by atoms with Crippen molar-refractivity contribution in [3.05, 3.63) is 53.7 Å². The third-order valence-electron chi connectivity index (χ3n) is 5.81. The van der Waals surface area contributed by atoms with Gasteiger partial charge in [0.25, 0.3) is 0 Å². The maximum Gasteiger partial charge on any atom is 0.211 e. The lowest BCUT2D eigenvalue weighted by molar-refractivity contribution is 0.122. The Morgan fingerprint density at radius 3 is 2.96 bits per heavy atom. The van der Waals surface area contributed by atoms with Crippen LogP contribution >= 0.6 is 0 Å². The van der Waals surface area contributed by atoms with Crippen molar-refractivity contribution in [2.24, 2.45) is 0 Å². The van der Waals surface area contributed by atoms with Crippen molar-refractivity contribution in [1.82, 2.24) is 24.3 Å². The molecule has 3 aromatic heterocycles. The topological polar surface area (TPSA) is 58.8 Å². The van der Waals surface area contributed by atoms with Crippen molar-refractivity contribution in [1.29, 1.82) is 0 Å². The zero-order valence-corrected chi connectivity index (χ0v) is 16.3. The molecule has 0 saturated carbocycles. The summed E-state index contributed by atoms with van der Waals surface area (Å²) in [5.41, 5.74) is 4.63. The molecule has 146 valence electrons. The van der Waals surface area contributed by atoms with E-state index in [-0.39, 0.29) is 0 Å². The normalized spacial score (nSPS) is 19.9. The smallest absolute Gasteiger partial charge is 0.211 e. The van der Waals surface area contributed by atoms with Gasteiger partial charge in [-0.1, -0.05) is 6.07 Å². The maximum atomic E-state index is 5.48. The van der Waals surface area contributed by atoms with Crippen molar-refractivity contribution in [2.45, 2.75) is 31.8 Å². The summed E-state index contributed by atoms with van der Waals surface area (Å²) < 4.78 is 7.59. The van der Waals surface area contributed by atoms with Crippen LogP contribution in [0.15, 0.2) is 36.8 Å². The molecular weight excluding hydrogens is 352 g/mol. The van der Waals surface area contributed by atoms with E-state index in [1.165, 1.54) is 17.7 Å². The highest BCUT2D eigenvalue weighted by atomic mass is 16.5. The molecule has 7 nitrogen and oxygen atoms in total. The molecule has 0 unspecified atom stereocenters. The average molecular weight is 378 g/mol. The molecule has 0 N–H and O–H groups in total. The molecule has 0 amide bonds. The van der Waals surface area contributed by atoms with E-state index in [1.54, 1.807) is 0 Å². The minimum Gasteiger partial charge on any atom is -0.378 e. The quantitative estimate of drug-likeness (QED) is 0.695. The summed E-state index contributed by atoms with van der Waals surface area (Å²) >= 11 is 0. The summed E-state index contributed by atoms with van der Waals surface area (Å²) in [6.07, 6.45) is 9.39. The first-order valence-electron chi connectivity index (χ1n) is 10.1. The van der Waals surface area contributed by atoms with Gasteiger partial charge in [0.05, 0.1) is 30.6 Å². The zero-order chi connectivity index (χ0) is 18.9. The zero-order valence-electron chi connectivity index (χ0n) is 16.3. The standard InChI is InChI=1S/C21H26N6O/c1-25(18-6-2-4-16-5-3-8-22-20(16)18)14-17-15-27-19(24-17)7-9-23-21(27)26-10-12-28-13-11-26/h3,5,7-9,15,18H,2,4,6,10-14H2,1H3/t18-/m0/s1. The van der Waals surface area contributed by atoms with E-state index in [9.17, 15) is 0 Å². The Bertz CT molecular complexity index is 964. The van der Waals surface area contributed by atoms with Crippen LogP contribution in [-0.4, -0.2) is 57.6 Å². The molecule has 5 rings (SSSR count). The number of anilines is 1. The Hall–Kier alpha value is -2.51. The maximum absolute atomic E-state index is 5.48. The second-order valence-corrected chi connectivity index (χ2v) is 7.68. The molecule has 4 heterocycles. The van der Waals surface area contributed by atoms with E-state index in [0.717, 1.165) is 63.0 Å². The fourth-order valence-corrected chi connectivity index (χ4v) is 4.41. The summed E-state index contributed by atoms with van der Waals surface area (Å²) in [4.78, 5) is 18.8. The number of imidazole rings is 1. The number of ether oxygens (including phenoxy) is 1. The van der Waals surface area contributed by atoms with Gasteiger partial charge in [0.1, 0.15) is 5.65 Å². The Kier molecular flexibility index (Phi) is 4.70. The fourth-order valence-electron chi connectivity index (χ4n) is 4.41. The Balaban J connectivity index is 1.40. The Morgan fingerprint density at radius 1 is 1.18 bits per heavy atom. The van der Waals surface area contributed by atoms with E-state index >= 15 is 0 Å². The predicted octanol–water partition coefficient (Wildman–Crippen LogP) is 2.47. The number of hydrogen-bond donors (Lipinski definition) is 0.